The summed E-state index contributed by atoms with van der Waals surface area (Å²) in [5.74, 6) is -2.91. The van der Waals surface area contributed by atoms with E-state index in [1.165, 1.54) is 0 Å². The molecule has 0 saturated heterocycles. The van der Waals surface area contributed by atoms with Crippen LogP contribution in [0.2, 0.25) is 5.02 Å². The van der Waals surface area contributed by atoms with Crippen molar-refractivity contribution in [2.24, 2.45) is 10.6 Å². The Morgan fingerprint density at radius 1 is 1.03 bits per heavy atom. The van der Waals surface area contributed by atoms with Crippen molar-refractivity contribution in [3.8, 4) is 0 Å². The smallest absolute Gasteiger partial charge is 0.374 e. The number of rotatable bonds is 3. The molecule has 32 heavy (non-hydrogen) atoms. The molecule has 0 amide bonds. The van der Waals surface area contributed by atoms with Crippen LogP contribution < -0.4 is 0 Å². The molecule has 0 spiro atoms. The van der Waals surface area contributed by atoms with Crippen molar-refractivity contribution in [2.75, 3.05) is 0 Å². The van der Waals surface area contributed by atoms with Crippen LogP contribution in [0.5, 0.6) is 0 Å². The molecule has 168 valence electrons. The Balaban J connectivity index is 1.75. The summed E-state index contributed by atoms with van der Waals surface area (Å²) in [7, 11) is 0. The van der Waals surface area contributed by atoms with E-state index in [2.05, 4.69) is 5.16 Å². The van der Waals surface area contributed by atoms with Gasteiger partial charge in [0, 0.05) is 12.0 Å². The summed E-state index contributed by atoms with van der Waals surface area (Å²) in [6.07, 6.45) is -1.31. The number of halogens is 6. The lowest BCUT2D eigenvalue weighted by Gasteiger charge is -2.30. The Hall–Kier alpha value is -2.67. The molecule has 0 saturated carbocycles. The molecule has 1 heterocycles. The Morgan fingerprint density at radius 2 is 1.72 bits per heavy atom. The standard InChI is InChI=1S/C24H19ClF5NO/c1-22(2)11-15(14-6-4-3-5-7-14)8-16(12-22)20-13-23(32-31-20,24(28,29)30)17-9-18(25)21(27)19(26)10-17/h3-10,12H,11,13H2,1-2H3. The quantitative estimate of drug-likeness (QED) is 0.336. The fourth-order valence-corrected chi connectivity index (χ4v) is 4.30. The lowest BCUT2D eigenvalue weighted by Crippen LogP contribution is -2.43. The summed E-state index contributed by atoms with van der Waals surface area (Å²) in [6, 6.07) is 10.7. The summed E-state index contributed by atoms with van der Waals surface area (Å²) in [5.41, 5.74) is -1.47. The molecule has 8 heteroatoms. The lowest BCUT2D eigenvalue weighted by atomic mass is 9.75. The highest BCUT2D eigenvalue weighted by Crippen LogP contribution is 2.50. The largest absolute Gasteiger partial charge is 0.435 e. The number of allylic oxidation sites excluding steroid dienone is 4. The van der Waals surface area contributed by atoms with E-state index in [1.807, 2.05) is 50.3 Å². The number of nitrogens with zero attached hydrogens (tertiary/aromatic N) is 1. The predicted octanol–water partition coefficient (Wildman–Crippen LogP) is 7.59. The molecule has 0 N–H and O–H groups in total. The number of alkyl halides is 3. The van der Waals surface area contributed by atoms with Gasteiger partial charge in [-0.05, 0) is 46.8 Å². The van der Waals surface area contributed by atoms with Gasteiger partial charge in [-0.25, -0.2) is 8.78 Å². The Morgan fingerprint density at radius 3 is 2.34 bits per heavy atom. The van der Waals surface area contributed by atoms with Gasteiger partial charge in [-0.1, -0.05) is 67.0 Å². The molecule has 0 aromatic heterocycles. The molecule has 4 rings (SSSR count). The summed E-state index contributed by atoms with van der Waals surface area (Å²) in [4.78, 5) is 4.96. The number of oxime groups is 1. The SMILES string of the molecule is CC1(C)C=C(C2=NOC(c3cc(F)c(F)c(Cl)c3)(C(F)(F)F)C2)C=C(c2ccccc2)C1. The minimum atomic E-state index is -4.96. The molecule has 2 aromatic carbocycles. The molecule has 0 bridgehead atoms. The van der Waals surface area contributed by atoms with E-state index < -0.39 is 40.4 Å². The lowest BCUT2D eigenvalue weighted by molar-refractivity contribution is -0.275. The zero-order valence-corrected chi connectivity index (χ0v) is 18.0. The van der Waals surface area contributed by atoms with E-state index in [9.17, 15) is 22.0 Å². The van der Waals surface area contributed by atoms with Gasteiger partial charge >= 0.3 is 6.18 Å². The van der Waals surface area contributed by atoms with Crippen molar-refractivity contribution in [3.05, 3.63) is 88.0 Å². The van der Waals surface area contributed by atoms with Gasteiger partial charge in [0.25, 0.3) is 5.60 Å². The number of hydrogen-bond donors (Lipinski definition) is 0. The summed E-state index contributed by atoms with van der Waals surface area (Å²) in [6.45, 7) is 3.96. The van der Waals surface area contributed by atoms with Crippen molar-refractivity contribution in [2.45, 2.75) is 38.5 Å². The molecule has 2 aliphatic rings. The summed E-state index contributed by atoms with van der Waals surface area (Å²) >= 11 is 5.62. The van der Waals surface area contributed by atoms with Crippen LogP contribution in [0.3, 0.4) is 0 Å². The zero-order chi connectivity index (χ0) is 23.3. The fraction of sp³-hybridized carbons (Fsp3) is 0.292. The highest BCUT2D eigenvalue weighted by atomic mass is 35.5. The van der Waals surface area contributed by atoms with E-state index in [0.717, 1.165) is 17.2 Å². The second-order valence-corrected chi connectivity index (χ2v) is 9.09. The predicted molar refractivity (Wildman–Crippen MR) is 113 cm³/mol. The minimum Gasteiger partial charge on any atom is -0.374 e. The van der Waals surface area contributed by atoms with E-state index in [1.54, 1.807) is 6.08 Å². The van der Waals surface area contributed by atoms with Crippen LogP contribution >= 0.6 is 11.6 Å². The van der Waals surface area contributed by atoms with E-state index in [4.69, 9.17) is 16.4 Å². The normalized spacial score (nSPS) is 22.7. The van der Waals surface area contributed by atoms with Crippen LogP contribution in [-0.4, -0.2) is 11.9 Å². The van der Waals surface area contributed by atoms with Gasteiger partial charge in [-0.2, -0.15) is 13.2 Å². The molecule has 1 unspecified atom stereocenters. The van der Waals surface area contributed by atoms with Crippen LogP contribution in [0.15, 0.2) is 65.3 Å². The average molecular weight is 468 g/mol. The third-order valence-corrected chi connectivity index (χ3v) is 5.91. The summed E-state index contributed by atoms with van der Waals surface area (Å²) in [5, 5.41) is 3.00. The Bertz CT molecular complexity index is 1130. The average Bonchev–Trinajstić information content (AvgIpc) is 3.18. The van der Waals surface area contributed by atoms with Crippen molar-refractivity contribution in [1.29, 1.82) is 0 Å². The Labute approximate surface area is 187 Å². The maximum absolute atomic E-state index is 14.2. The minimum absolute atomic E-state index is 0.0735. The topological polar surface area (TPSA) is 21.6 Å². The van der Waals surface area contributed by atoms with Crippen molar-refractivity contribution < 1.29 is 26.8 Å². The molecule has 1 aliphatic carbocycles. The van der Waals surface area contributed by atoms with Gasteiger partial charge in [0.15, 0.2) is 11.6 Å². The first-order valence-electron chi connectivity index (χ1n) is 9.88. The molecule has 2 nitrogen and oxygen atoms in total. The molecular weight excluding hydrogens is 449 g/mol. The first kappa shape index (κ1) is 22.5. The first-order chi connectivity index (χ1) is 14.9. The molecule has 1 atom stereocenters. The van der Waals surface area contributed by atoms with Crippen LogP contribution in [0.1, 0.15) is 37.8 Å². The molecule has 1 aliphatic heterocycles. The van der Waals surface area contributed by atoms with Crippen LogP contribution in [0, 0.1) is 17.0 Å². The maximum atomic E-state index is 14.2. The molecule has 0 fully saturated rings. The van der Waals surface area contributed by atoms with Gasteiger partial charge in [0.1, 0.15) is 0 Å². The third kappa shape index (κ3) is 3.94. The zero-order valence-electron chi connectivity index (χ0n) is 17.2. The van der Waals surface area contributed by atoms with Crippen molar-refractivity contribution >= 4 is 22.9 Å². The monoisotopic (exact) mass is 467 g/mol. The maximum Gasteiger partial charge on any atom is 0.435 e. The van der Waals surface area contributed by atoms with Crippen molar-refractivity contribution in [3.63, 3.8) is 0 Å². The van der Waals surface area contributed by atoms with E-state index in [-0.39, 0.29) is 11.1 Å². The molecular formula is C24H19ClF5NO. The van der Waals surface area contributed by atoms with E-state index >= 15 is 0 Å². The molecule has 0 radical (unpaired) electrons. The number of hydrogen-bond acceptors (Lipinski definition) is 2. The van der Waals surface area contributed by atoms with E-state index in [0.29, 0.717) is 18.1 Å². The van der Waals surface area contributed by atoms with Crippen LogP contribution in [-0.2, 0) is 10.4 Å². The second kappa shape index (κ2) is 7.73. The Kier molecular flexibility index (Phi) is 5.44. The highest BCUT2D eigenvalue weighted by Gasteiger charge is 2.62. The highest BCUT2D eigenvalue weighted by molar-refractivity contribution is 6.30. The van der Waals surface area contributed by atoms with Crippen LogP contribution in [0.25, 0.3) is 5.57 Å². The summed E-state index contributed by atoms with van der Waals surface area (Å²) < 4.78 is 70.1. The second-order valence-electron chi connectivity index (χ2n) is 8.69. The van der Waals surface area contributed by atoms with Gasteiger partial charge in [-0.15, -0.1) is 0 Å². The fourth-order valence-electron chi connectivity index (χ4n) is 4.09. The van der Waals surface area contributed by atoms with Crippen molar-refractivity contribution in [1.82, 2.24) is 0 Å². The third-order valence-electron chi connectivity index (χ3n) is 5.64. The van der Waals surface area contributed by atoms with Gasteiger partial charge in [-0.3, -0.25) is 0 Å². The first-order valence-corrected chi connectivity index (χ1v) is 10.3. The van der Waals surface area contributed by atoms with Gasteiger partial charge in [0.05, 0.1) is 10.7 Å². The van der Waals surface area contributed by atoms with Gasteiger partial charge < -0.3 is 4.84 Å². The van der Waals surface area contributed by atoms with Crippen LogP contribution in [0.4, 0.5) is 22.0 Å². The number of benzene rings is 2. The molecule has 2 aromatic rings. The van der Waals surface area contributed by atoms with Gasteiger partial charge in [0.2, 0.25) is 0 Å².